The summed E-state index contributed by atoms with van der Waals surface area (Å²) in [5.74, 6) is 0. The fourth-order valence-electron chi connectivity index (χ4n) is 11.3. The number of hydrogen-bond donors (Lipinski definition) is 0. The Morgan fingerprint density at radius 1 is 0.373 bits per heavy atom. The highest BCUT2D eigenvalue weighted by Crippen LogP contribution is 2.65. The van der Waals surface area contributed by atoms with E-state index in [0.717, 1.165) is 50.1 Å². The van der Waals surface area contributed by atoms with E-state index in [1.807, 2.05) is 0 Å². The van der Waals surface area contributed by atoms with Gasteiger partial charge in [-0.15, -0.1) is 0 Å². The minimum atomic E-state index is -0.552. The molecule has 0 unspecified atom stereocenters. The van der Waals surface area contributed by atoms with Crippen molar-refractivity contribution in [3.8, 4) is 55.6 Å². The molecule has 0 aliphatic heterocycles. The summed E-state index contributed by atoms with van der Waals surface area (Å²) in [7, 11) is 0. The second-order valence-corrected chi connectivity index (χ2v) is 19.2. The number of rotatable bonds is 6. The van der Waals surface area contributed by atoms with E-state index in [1.165, 1.54) is 72.3 Å². The molecule has 2 aliphatic carbocycles. The predicted octanol–water partition coefficient (Wildman–Crippen LogP) is 17.7. The van der Waals surface area contributed by atoms with Gasteiger partial charge in [-0.1, -0.05) is 197 Å². The minimum absolute atomic E-state index is 0.0172. The fourth-order valence-corrected chi connectivity index (χ4v) is 11.3. The molecule has 67 heavy (non-hydrogen) atoms. The first-order chi connectivity index (χ1) is 32.9. The van der Waals surface area contributed by atoms with Gasteiger partial charge in [0.1, 0.15) is 11.2 Å². The van der Waals surface area contributed by atoms with Gasteiger partial charge in [0.2, 0.25) is 0 Å². The smallest absolute Gasteiger partial charge is 0.143 e. The Bertz CT molecular complexity index is 3560. The Balaban J connectivity index is 1.05. The maximum absolute atomic E-state index is 7.21. The molecule has 11 aromatic rings. The normalized spacial score (nSPS) is 13.1. The number of anilines is 3. The summed E-state index contributed by atoms with van der Waals surface area (Å²) in [4.78, 5) is 2.37. The third-order valence-electron chi connectivity index (χ3n) is 14.5. The van der Waals surface area contributed by atoms with Gasteiger partial charge >= 0.3 is 0 Å². The van der Waals surface area contributed by atoms with Crippen LogP contribution in [0.4, 0.5) is 17.1 Å². The van der Waals surface area contributed by atoms with E-state index in [4.69, 9.17) is 4.42 Å². The topological polar surface area (TPSA) is 16.4 Å². The van der Waals surface area contributed by atoms with E-state index in [-0.39, 0.29) is 5.41 Å². The zero-order valence-electron chi connectivity index (χ0n) is 37.8. The van der Waals surface area contributed by atoms with Crippen molar-refractivity contribution in [2.45, 2.75) is 31.6 Å². The molecule has 0 fully saturated rings. The summed E-state index contributed by atoms with van der Waals surface area (Å²) in [6, 6.07) is 84.8. The van der Waals surface area contributed by atoms with Crippen molar-refractivity contribution in [3.63, 3.8) is 0 Å². The van der Waals surface area contributed by atoms with Gasteiger partial charge in [-0.25, -0.2) is 0 Å². The zero-order chi connectivity index (χ0) is 44.9. The summed E-state index contributed by atoms with van der Waals surface area (Å²) < 4.78 is 7.21. The molecule has 2 aliphatic rings. The van der Waals surface area contributed by atoms with E-state index in [1.54, 1.807) is 0 Å². The van der Waals surface area contributed by atoms with Gasteiger partial charge in [0, 0.05) is 33.4 Å². The van der Waals surface area contributed by atoms with Crippen molar-refractivity contribution in [2.75, 3.05) is 4.90 Å². The molecule has 0 radical (unpaired) electrons. The Morgan fingerprint density at radius 3 is 1.27 bits per heavy atom. The van der Waals surface area contributed by atoms with Crippen LogP contribution in [0.15, 0.2) is 235 Å². The molecular weight excluding hydrogens is 811 g/mol. The first-order valence-electron chi connectivity index (χ1n) is 23.4. The van der Waals surface area contributed by atoms with Crippen LogP contribution in [0.3, 0.4) is 0 Å². The van der Waals surface area contributed by atoms with Crippen LogP contribution in [0, 0.1) is 0 Å². The van der Waals surface area contributed by atoms with Crippen molar-refractivity contribution in [1.29, 1.82) is 0 Å². The third kappa shape index (κ3) is 5.96. The molecule has 1 aromatic heterocycles. The molecular formula is C65H47NO. The van der Waals surface area contributed by atoms with Gasteiger partial charge in [-0.2, -0.15) is 0 Å². The Kier molecular flexibility index (Phi) is 8.73. The molecule has 0 saturated heterocycles. The summed E-state index contributed by atoms with van der Waals surface area (Å²) in [6.45, 7) is 6.86. The van der Waals surface area contributed by atoms with Gasteiger partial charge < -0.3 is 9.32 Å². The summed E-state index contributed by atoms with van der Waals surface area (Å²) in [5.41, 5.74) is 23.2. The highest BCUT2D eigenvalue weighted by molar-refractivity contribution is 6.15. The van der Waals surface area contributed by atoms with Crippen LogP contribution in [0.5, 0.6) is 0 Å². The summed E-state index contributed by atoms with van der Waals surface area (Å²) >= 11 is 0. The molecule has 10 aromatic carbocycles. The molecule has 2 nitrogen and oxygen atoms in total. The van der Waals surface area contributed by atoms with Crippen LogP contribution >= 0.6 is 0 Å². The maximum atomic E-state index is 7.21. The van der Waals surface area contributed by atoms with Crippen LogP contribution in [0.1, 0.15) is 48.6 Å². The van der Waals surface area contributed by atoms with Crippen molar-refractivity contribution >= 4 is 39.0 Å². The Morgan fingerprint density at radius 2 is 0.791 bits per heavy atom. The highest BCUT2D eigenvalue weighted by Gasteiger charge is 2.53. The zero-order valence-corrected chi connectivity index (χ0v) is 37.8. The highest BCUT2D eigenvalue weighted by atomic mass is 16.3. The van der Waals surface area contributed by atoms with E-state index < -0.39 is 5.41 Å². The maximum Gasteiger partial charge on any atom is 0.143 e. The molecule has 0 atom stereocenters. The van der Waals surface area contributed by atoms with Crippen LogP contribution in [-0.4, -0.2) is 0 Å². The molecule has 0 bridgehead atoms. The van der Waals surface area contributed by atoms with Gasteiger partial charge in [0.25, 0.3) is 0 Å². The van der Waals surface area contributed by atoms with Crippen LogP contribution < -0.4 is 4.90 Å². The number of hydrogen-bond acceptors (Lipinski definition) is 2. The standard InChI is InChI=1S/C65H47NO/c1-64(2,3)47-32-39-60-54(40-47)56-41-55-53-22-12-15-25-59(53)65(57-23-13-10-20-51(57)52-21-11-14-24-58(52)65)62(55)61(63(56)67-60)46-30-37-50(38-31-46)66(48-33-26-44(27-34-48)42-16-6-4-7-17-42)49-35-28-45(29-36-49)43-18-8-5-9-19-43/h4-41H,1-3H3. The molecule has 1 heterocycles. The van der Waals surface area contributed by atoms with Gasteiger partial charge in [0.05, 0.1) is 5.41 Å². The molecule has 0 N–H and O–H groups in total. The molecule has 318 valence electrons. The average Bonchev–Trinajstić information content (AvgIpc) is 4.00. The summed E-state index contributed by atoms with van der Waals surface area (Å²) in [6.07, 6.45) is 0. The third-order valence-corrected chi connectivity index (χ3v) is 14.5. The predicted molar refractivity (Wildman–Crippen MR) is 280 cm³/mol. The van der Waals surface area contributed by atoms with Gasteiger partial charge in [0.15, 0.2) is 0 Å². The molecule has 1 spiro atoms. The van der Waals surface area contributed by atoms with E-state index in [0.29, 0.717) is 0 Å². The second kappa shape index (κ2) is 14.9. The second-order valence-electron chi connectivity index (χ2n) is 19.2. The van der Waals surface area contributed by atoms with Crippen LogP contribution in [0.2, 0.25) is 0 Å². The van der Waals surface area contributed by atoms with E-state index in [2.05, 4.69) is 256 Å². The number of furan rings is 1. The van der Waals surface area contributed by atoms with Crippen molar-refractivity contribution in [1.82, 2.24) is 0 Å². The number of fused-ring (bicyclic) bond motifs is 13. The van der Waals surface area contributed by atoms with Gasteiger partial charge in [-0.05, 0) is 138 Å². The Hall–Kier alpha value is -8.20. The van der Waals surface area contributed by atoms with Crippen molar-refractivity contribution < 1.29 is 4.42 Å². The lowest BCUT2D eigenvalue weighted by atomic mass is 9.68. The summed E-state index contributed by atoms with van der Waals surface area (Å²) in [5, 5.41) is 2.29. The van der Waals surface area contributed by atoms with Crippen LogP contribution in [0.25, 0.3) is 77.6 Å². The van der Waals surface area contributed by atoms with Gasteiger partial charge in [-0.3, -0.25) is 0 Å². The Labute approximate surface area is 392 Å². The number of nitrogens with zero attached hydrogens (tertiary/aromatic N) is 1. The fraction of sp³-hybridized carbons (Fsp3) is 0.0769. The van der Waals surface area contributed by atoms with Crippen molar-refractivity contribution in [2.24, 2.45) is 0 Å². The van der Waals surface area contributed by atoms with E-state index >= 15 is 0 Å². The van der Waals surface area contributed by atoms with Crippen molar-refractivity contribution in [3.05, 3.63) is 258 Å². The monoisotopic (exact) mass is 857 g/mol. The quantitative estimate of drug-likeness (QED) is 0.166. The first-order valence-corrected chi connectivity index (χ1v) is 23.4. The molecule has 13 rings (SSSR count). The molecule has 2 heteroatoms. The lowest BCUT2D eigenvalue weighted by molar-refractivity contribution is 0.590. The SMILES string of the molecule is CC(C)(C)c1ccc2oc3c(-c4ccc(N(c5ccc(-c6ccccc6)cc5)c5ccc(-c6ccccc6)cc5)cc4)c4c(cc3c2c1)-c1ccccc1C41c2ccccc2-c2ccccc21. The first kappa shape index (κ1) is 39.2. The lowest BCUT2D eigenvalue weighted by Gasteiger charge is -2.32. The largest absolute Gasteiger partial charge is 0.455 e. The average molecular weight is 858 g/mol. The van der Waals surface area contributed by atoms with E-state index in [9.17, 15) is 0 Å². The minimum Gasteiger partial charge on any atom is -0.455 e. The number of benzene rings is 10. The molecule has 0 saturated carbocycles. The van der Waals surface area contributed by atoms with Crippen LogP contribution in [-0.2, 0) is 10.8 Å². The molecule has 0 amide bonds. The lowest BCUT2D eigenvalue weighted by Crippen LogP contribution is -2.26.